The van der Waals surface area contributed by atoms with E-state index < -0.39 is 0 Å². The first-order valence-corrected chi connectivity index (χ1v) is 10.7. The molecule has 0 saturated heterocycles. The minimum absolute atomic E-state index is 0.0270. The fourth-order valence-electron chi connectivity index (χ4n) is 6.35. The molecule has 6 rings (SSSR count). The number of rotatable bonds is 1. The molecule has 0 amide bonds. The summed E-state index contributed by atoms with van der Waals surface area (Å²) in [6, 6.07) is 10.2. The third-order valence-electron chi connectivity index (χ3n) is 7.71. The standard InChI is InChI=1S/C25H23NO6/c1-32-25-11-17-14(8-24(25)31)5-19-16-10-23(30)21(28)7-13(16)4-18-15-9-22(29)20(27)6-12(15)2-3-26(17,18)19/h6-11,18-19H,2-5H2,1H3,(H4-,27,28,29,30,31)/p+1/t18-,19+,26?/m0/s1. The topological polar surface area (TPSA) is 110 Å². The van der Waals surface area contributed by atoms with Gasteiger partial charge in [0.1, 0.15) is 17.8 Å². The largest absolute Gasteiger partial charge is 0.504 e. The van der Waals surface area contributed by atoms with E-state index in [2.05, 4.69) is 0 Å². The van der Waals surface area contributed by atoms with Crippen LogP contribution >= 0.6 is 0 Å². The number of nitrogens with zero attached hydrogens (tertiary/aromatic N) is 1. The summed E-state index contributed by atoms with van der Waals surface area (Å²) in [7, 11) is 1.53. The maximum absolute atomic E-state index is 10.4. The highest BCUT2D eigenvalue weighted by molar-refractivity contribution is 5.68. The van der Waals surface area contributed by atoms with Crippen LogP contribution in [0.25, 0.3) is 0 Å². The Hall–Kier alpha value is -3.58. The molecule has 0 radical (unpaired) electrons. The van der Waals surface area contributed by atoms with E-state index in [1.165, 1.54) is 7.11 Å². The summed E-state index contributed by atoms with van der Waals surface area (Å²) in [5.41, 5.74) is 5.98. The Labute approximate surface area is 184 Å². The molecule has 3 atom stereocenters. The van der Waals surface area contributed by atoms with Gasteiger partial charge in [0, 0.05) is 42.0 Å². The highest BCUT2D eigenvalue weighted by atomic mass is 16.5. The molecule has 3 aromatic rings. The number of phenols is 5. The van der Waals surface area contributed by atoms with E-state index in [4.69, 9.17) is 4.74 Å². The van der Waals surface area contributed by atoms with Gasteiger partial charge in [-0.05, 0) is 41.5 Å². The molecule has 1 spiro atoms. The van der Waals surface area contributed by atoms with Crippen molar-refractivity contribution >= 4 is 5.69 Å². The van der Waals surface area contributed by atoms with Gasteiger partial charge in [-0.15, -0.1) is 0 Å². The van der Waals surface area contributed by atoms with Gasteiger partial charge in [0.15, 0.2) is 34.5 Å². The van der Waals surface area contributed by atoms with Crippen molar-refractivity contribution in [3.05, 3.63) is 64.2 Å². The molecule has 0 fully saturated rings. The Morgan fingerprint density at radius 2 is 1.22 bits per heavy atom. The van der Waals surface area contributed by atoms with Crippen LogP contribution in [0.5, 0.6) is 34.5 Å². The fourth-order valence-corrected chi connectivity index (χ4v) is 6.35. The predicted molar refractivity (Wildman–Crippen MR) is 117 cm³/mol. The van der Waals surface area contributed by atoms with Crippen molar-refractivity contribution in [1.29, 1.82) is 0 Å². The summed E-state index contributed by atoms with van der Waals surface area (Å²) in [5.74, 6) is -0.0628. The first-order chi connectivity index (χ1) is 15.3. The van der Waals surface area contributed by atoms with Crippen LogP contribution in [0.2, 0.25) is 0 Å². The molecule has 0 saturated carbocycles. The van der Waals surface area contributed by atoms with Crippen molar-refractivity contribution in [3.8, 4) is 34.5 Å². The highest BCUT2D eigenvalue weighted by Crippen LogP contribution is 2.61. The molecule has 0 aromatic heterocycles. The molecule has 7 heteroatoms. The number of quaternary nitrogens is 1. The number of benzene rings is 3. The van der Waals surface area contributed by atoms with Crippen LogP contribution in [0.15, 0.2) is 36.4 Å². The van der Waals surface area contributed by atoms with Crippen LogP contribution in [0.4, 0.5) is 5.69 Å². The van der Waals surface area contributed by atoms with Crippen molar-refractivity contribution in [1.82, 2.24) is 4.48 Å². The van der Waals surface area contributed by atoms with E-state index in [0.29, 0.717) is 29.5 Å². The van der Waals surface area contributed by atoms with Gasteiger partial charge in [0.05, 0.1) is 13.7 Å². The zero-order chi connectivity index (χ0) is 22.4. The SMILES string of the molecule is COc1cc2c(cc1O)C[C@@H]1c3cc(O)c(O)cc3C[C@H]3c4cc(O)c(O)cc4CC[N+]213. The van der Waals surface area contributed by atoms with E-state index in [9.17, 15) is 25.5 Å². The van der Waals surface area contributed by atoms with Crippen LogP contribution in [0.1, 0.15) is 39.9 Å². The molecule has 0 bridgehead atoms. The summed E-state index contributed by atoms with van der Waals surface area (Å²) >= 11 is 0. The van der Waals surface area contributed by atoms with Gasteiger partial charge in [0.25, 0.3) is 0 Å². The zero-order valence-corrected chi connectivity index (χ0v) is 17.5. The van der Waals surface area contributed by atoms with Crippen LogP contribution in [0, 0.1) is 0 Å². The normalized spacial score (nSPS) is 24.7. The molecule has 5 N–H and O–H groups in total. The maximum atomic E-state index is 10.4. The first-order valence-electron chi connectivity index (χ1n) is 10.7. The summed E-state index contributed by atoms with van der Waals surface area (Å²) in [6.45, 7) is 0.758. The Kier molecular flexibility index (Phi) is 3.73. The molecular weight excluding hydrogens is 410 g/mol. The molecular formula is C25H24NO6+. The molecule has 7 nitrogen and oxygen atoms in total. The van der Waals surface area contributed by atoms with Crippen molar-refractivity contribution < 1.29 is 30.3 Å². The number of aromatic hydroxyl groups is 5. The van der Waals surface area contributed by atoms with Gasteiger partial charge in [-0.1, -0.05) is 0 Å². The molecule has 3 heterocycles. The van der Waals surface area contributed by atoms with E-state index in [1.54, 1.807) is 30.3 Å². The van der Waals surface area contributed by atoms with Crippen LogP contribution in [-0.4, -0.2) is 39.2 Å². The van der Waals surface area contributed by atoms with Crippen molar-refractivity contribution in [3.63, 3.8) is 0 Å². The number of ether oxygens (including phenoxy) is 1. The third kappa shape index (κ3) is 2.29. The van der Waals surface area contributed by atoms with E-state index in [-0.39, 0.29) is 40.8 Å². The van der Waals surface area contributed by atoms with Crippen molar-refractivity contribution in [2.24, 2.45) is 0 Å². The van der Waals surface area contributed by atoms with E-state index in [1.807, 2.05) is 6.07 Å². The van der Waals surface area contributed by atoms with Crippen LogP contribution < -0.4 is 9.22 Å². The first kappa shape index (κ1) is 19.1. The average molecular weight is 434 g/mol. The molecule has 3 aliphatic heterocycles. The summed E-state index contributed by atoms with van der Waals surface area (Å²) in [5, 5.41) is 51.3. The number of hydrogen-bond donors (Lipinski definition) is 5. The lowest BCUT2D eigenvalue weighted by Gasteiger charge is -2.52. The second-order valence-electron chi connectivity index (χ2n) is 9.08. The zero-order valence-electron chi connectivity index (χ0n) is 17.5. The lowest BCUT2D eigenvalue weighted by atomic mass is 9.78. The van der Waals surface area contributed by atoms with Gasteiger partial charge in [0.2, 0.25) is 0 Å². The van der Waals surface area contributed by atoms with Crippen molar-refractivity contribution in [2.75, 3.05) is 13.7 Å². The quantitative estimate of drug-likeness (QED) is 0.295. The van der Waals surface area contributed by atoms with Gasteiger partial charge < -0.3 is 30.3 Å². The van der Waals surface area contributed by atoms with E-state index >= 15 is 0 Å². The second kappa shape index (κ2) is 6.23. The number of fused-ring (bicyclic) bond motifs is 5. The molecule has 1 unspecified atom stereocenters. The van der Waals surface area contributed by atoms with Gasteiger partial charge in [-0.25, -0.2) is 0 Å². The van der Waals surface area contributed by atoms with E-state index in [0.717, 1.165) is 40.0 Å². The molecule has 32 heavy (non-hydrogen) atoms. The maximum Gasteiger partial charge on any atom is 0.166 e. The third-order valence-corrected chi connectivity index (χ3v) is 7.71. The fraction of sp³-hybridized carbons (Fsp3) is 0.280. The monoisotopic (exact) mass is 434 g/mol. The Balaban J connectivity index is 1.66. The Morgan fingerprint density at radius 3 is 1.88 bits per heavy atom. The van der Waals surface area contributed by atoms with Gasteiger partial charge in [-0.2, -0.15) is 0 Å². The number of methoxy groups -OCH3 is 1. The summed E-state index contributed by atoms with van der Waals surface area (Å²) < 4.78 is 6.01. The summed E-state index contributed by atoms with van der Waals surface area (Å²) in [6.07, 6.45) is 1.97. The highest BCUT2D eigenvalue weighted by Gasteiger charge is 2.58. The summed E-state index contributed by atoms with van der Waals surface area (Å²) in [4.78, 5) is 0. The molecule has 3 aliphatic rings. The smallest absolute Gasteiger partial charge is 0.166 e. The number of hydrogen-bond acceptors (Lipinski definition) is 6. The Morgan fingerprint density at radius 1 is 0.688 bits per heavy atom. The minimum atomic E-state index is -0.151. The Bertz CT molecular complexity index is 1300. The number of phenolic OH excluding ortho intramolecular Hbond substituents is 5. The molecule has 0 aliphatic carbocycles. The lowest BCUT2D eigenvalue weighted by molar-refractivity contribution is 0.127. The molecule has 164 valence electrons. The predicted octanol–water partition coefficient (Wildman–Crippen LogP) is 3.68. The molecule has 3 aromatic carbocycles. The minimum Gasteiger partial charge on any atom is -0.504 e. The average Bonchev–Trinajstić information content (AvgIpc) is 3.07. The van der Waals surface area contributed by atoms with Crippen molar-refractivity contribution in [2.45, 2.75) is 31.3 Å². The van der Waals surface area contributed by atoms with Gasteiger partial charge in [-0.3, -0.25) is 4.48 Å². The second-order valence-corrected chi connectivity index (χ2v) is 9.08. The van der Waals surface area contributed by atoms with Crippen LogP contribution in [0.3, 0.4) is 0 Å². The van der Waals surface area contributed by atoms with Crippen LogP contribution in [-0.2, 0) is 19.3 Å². The lowest BCUT2D eigenvalue weighted by Crippen LogP contribution is -2.58. The van der Waals surface area contributed by atoms with Gasteiger partial charge >= 0.3 is 0 Å².